The number of nitrogens with zero attached hydrogens (tertiary/aromatic N) is 2. The molecule has 0 fully saturated rings. The molecule has 1 aromatic heterocycles. The lowest BCUT2D eigenvalue weighted by Crippen LogP contribution is -2.25. The Morgan fingerprint density at radius 1 is 1.04 bits per heavy atom. The minimum absolute atomic E-state index is 0.110. The van der Waals surface area contributed by atoms with E-state index in [-0.39, 0.29) is 23.7 Å². The lowest BCUT2D eigenvalue weighted by atomic mass is 9.97. The van der Waals surface area contributed by atoms with Crippen LogP contribution < -0.4 is 5.32 Å². The molecule has 0 aliphatic heterocycles. The number of benzene rings is 2. The van der Waals surface area contributed by atoms with Crippen LogP contribution in [0.4, 0.5) is 0 Å². The van der Waals surface area contributed by atoms with E-state index in [1.807, 2.05) is 20.8 Å². The highest BCUT2D eigenvalue weighted by Crippen LogP contribution is 2.20. The summed E-state index contributed by atoms with van der Waals surface area (Å²) < 4.78 is 6.11. The summed E-state index contributed by atoms with van der Waals surface area (Å²) in [4.78, 5) is 29.8. The van der Waals surface area contributed by atoms with Crippen LogP contribution in [0.25, 0.3) is 0 Å². The Morgan fingerprint density at radius 2 is 1.68 bits per heavy atom. The Balaban J connectivity index is 1.76. The van der Waals surface area contributed by atoms with Gasteiger partial charge in [0.05, 0.1) is 12.1 Å². The third-order valence-electron chi connectivity index (χ3n) is 4.04. The topological polar surface area (TPSA) is 85.1 Å². The van der Waals surface area contributed by atoms with Gasteiger partial charge in [0.15, 0.2) is 11.6 Å². The van der Waals surface area contributed by atoms with Crippen molar-refractivity contribution in [2.75, 3.05) is 0 Å². The van der Waals surface area contributed by atoms with E-state index in [9.17, 15) is 9.59 Å². The van der Waals surface area contributed by atoms with Crippen LogP contribution in [0.1, 0.15) is 58.8 Å². The second kappa shape index (κ2) is 8.06. The van der Waals surface area contributed by atoms with E-state index in [1.165, 1.54) is 0 Å². The zero-order valence-corrected chi connectivity index (χ0v) is 17.4. The van der Waals surface area contributed by atoms with Gasteiger partial charge in [0.2, 0.25) is 5.89 Å². The van der Waals surface area contributed by atoms with Crippen molar-refractivity contribution in [2.45, 2.75) is 32.7 Å². The first-order valence-corrected chi connectivity index (χ1v) is 9.55. The molecule has 0 saturated heterocycles. The van der Waals surface area contributed by atoms with Gasteiger partial charge in [-0.2, -0.15) is 4.98 Å². The number of ketones is 1. The van der Waals surface area contributed by atoms with Crippen LogP contribution in [0, 0.1) is 0 Å². The Hall–Kier alpha value is -2.80. The van der Waals surface area contributed by atoms with Crippen LogP contribution in [0.2, 0.25) is 0 Å². The fraction of sp³-hybridized carbons (Fsp3) is 0.238. The van der Waals surface area contributed by atoms with Crippen molar-refractivity contribution in [1.82, 2.24) is 15.5 Å². The highest BCUT2D eigenvalue weighted by molar-refractivity contribution is 9.10. The fourth-order valence-corrected chi connectivity index (χ4v) is 2.79. The average molecular weight is 442 g/mol. The van der Waals surface area contributed by atoms with Gasteiger partial charge in [0.25, 0.3) is 5.91 Å². The second-order valence-corrected chi connectivity index (χ2v) is 8.25. The van der Waals surface area contributed by atoms with Crippen LogP contribution in [0.5, 0.6) is 0 Å². The van der Waals surface area contributed by atoms with Gasteiger partial charge in [0, 0.05) is 21.0 Å². The lowest BCUT2D eigenvalue weighted by molar-refractivity contribution is 0.0938. The van der Waals surface area contributed by atoms with Crippen LogP contribution in [0.3, 0.4) is 0 Å². The first kappa shape index (κ1) is 19.9. The maximum absolute atomic E-state index is 12.8. The van der Waals surface area contributed by atoms with Crippen molar-refractivity contribution in [2.24, 2.45) is 0 Å². The van der Waals surface area contributed by atoms with Gasteiger partial charge in [-0.25, -0.2) is 0 Å². The molecule has 0 saturated carbocycles. The summed E-state index contributed by atoms with van der Waals surface area (Å²) in [5.41, 5.74) is 0.885. The Morgan fingerprint density at radius 3 is 2.29 bits per heavy atom. The van der Waals surface area contributed by atoms with Crippen molar-refractivity contribution >= 4 is 27.6 Å². The molecule has 3 rings (SSSR count). The number of carbonyl (C=O) groups excluding carboxylic acids is 2. The van der Waals surface area contributed by atoms with Gasteiger partial charge >= 0.3 is 0 Å². The second-order valence-electron chi connectivity index (χ2n) is 7.33. The van der Waals surface area contributed by atoms with Gasteiger partial charge in [-0.05, 0) is 30.3 Å². The number of halogens is 1. The zero-order valence-electron chi connectivity index (χ0n) is 15.8. The maximum Gasteiger partial charge on any atom is 0.252 e. The van der Waals surface area contributed by atoms with Crippen molar-refractivity contribution < 1.29 is 14.1 Å². The van der Waals surface area contributed by atoms with Crippen LogP contribution in [-0.4, -0.2) is 21.8 Å². The first-order valence-electron chi connectivity index (χ1n) is 8.76. The molecule has 0 spiro atoms. The van der Waals surface area contributed by atoms with E-state index in [0.29, 0.717) is 28.4 Å². The van der Waals surface area contributed by atoms with Gasteiger partial charge in [0.1, 0.15) is 0 Å². The number of rotatable bonds is 5. The van der Waals surface area contributed by atoms with E-state index in [4.69, 9.17) is 4.52 Å². The van der Waals surface area contributed by atoms with E-state index in [2.05, 4.69) is 31.4 Å². The van der Waals surface area contributed by atoms with Gasteiger partial charge < -0.3 is 9.84 Å². The molecular formula is C21H20BrN3O3. The minimum Gasteiger partial charge on any atom is -0.345 e. The summed E-state index contributed by atoms with van der Waals surface area (Å²) in [5.74, 6) is 0.300. The maximum atomic E-state index is 12.8. The van der Waals surface area contributed by atoms with Gasteiger partial charge in [-0.3, -0.25) is 9.59 Å². The number of hydrogen-bond acceptors (Lipinski definition) is 5. The molecule has 7 heteroatoms. The first-order chi connectivity index (χ1) is 13.3. The summed E-state index contributed by atoms with van der Waals surface area (Å²) >= 11 is 3.35. The van der Waals surface area contributed by atoms with E-state index >= 15 is 0 Å². The lowest BCUT2D eigenvalue weighted by Gasteiger charge is -2.10. The van der Waals surface area contributed by atoms with Crippen LogP contribution in [0.15, 0.2) is 57.5 Å². The van der Waals surface area contributed by atoms with Crippen molar-refractivity contribution in [3.8, 4) is 0 Å². The molecule has 0 bridgehead atoms. The standard InChI is InChI=1S/C21H20BrN3O3/c1-21(2,3)20-24-17(25-28-20)12-23-19(27)16-7-5-4-6-15(16)18(26)13-8-10-14(22)11-9-13/h4-11H,12H2,1-3H3,(H,23,27). The molecule has 0 atom stereocenters. The summed E-state index contributed by atoms with van der Waals surface area (Å²) in [5, 5.41) is 6.64. The average Bonchev–Trinajstić information content (AvgIpc) is 3.16. The highest BCUT2D eigenvalue weighted by atomic mass is 79.9. The highest BCUT2D eigenvalue weighted by Gasteiger charge is 2.22. The smallest absolute Gasteiger partial charge is 0.252 e. The molecule has 6 nitrogen and oxygen atoms in total. The molecule has 0 radical (unpaired) electrons. The number of amides is 1. The third-order valence-corrected chi connectivity index (χ3v) is 4.57. The summed E-state index contributed by atoms with van der Waals surface area (Å²) in [7, 11) is 0. The van der Waals surface area contributed by atoms with E-state index < -0.39 is 0 Å². The number of carbonyl (C=O) groups is 2. The number of aromatic nitrogens is 2. The fourth-order valence-electron chi connectivity index (χ4n) is 2.52. The predicted octanol–water partition coefficient (Wildman–Crippen LogP) is 4.29. The molecular weight excluding hydrogens is 422 g/mol. The monoisotopic (exact) mass is 441 g/mol. The molecule has 2 aromatic carbocycles. The summed E-state index contributed by atoms with van der Waals surface area (Å²) in [6, 6.07) is 13.7. The molecule has 28 heavy (non-hydrogen) atoms. The molecule has 1 amide bonds. The van der Waals surface area contributed by atoms with E-state index in [0.717, 1.165) is 4.47 Å². The van der Waals surface area contributed by atoms with Gasteiger partial charge in [-0.15, -0.1) is 0 Å². The van der Waals surface area contributed by atoms with E-state index in [1.54, 1.807) is 48.5 Å². The summed E-state index contributed by atoms with van der Waals surface area (Å²) in [6.45, 7) is 6.01. The largest absolute Gasteiger partial charge is 0.345 e. The van der Waals surface area contributed by atoms with Crippen LogP contribution in [-0.2, 0) is 12.0 Å². The molecule has 0 aliphatic carbocycles. The third kappa shape index (κ3) is 4.54. The molecule has 1 heterocycles. The van der Waals surface area contributed by atoms with Crippen molar-refractivity contribution in [3.63, 3.8) is 0 Å². The Kier molecular flexibility index (Phi) is 5.74. The number of hydrogen-bond donors (Lipinski definition) is 1. The van der Waals surface area contributed by atoms with Gasteiger partial charge in [-0.1, -0.05) is 60.1 Å². The molecule has 1 N–H and O–H groups in total. The molecule has 0 aliphatic rings. The number of nitrogens with one attached hydrogen (secondary N) is 1. The van der Waals surface area contributed by atoms with Crippen molar-refractivity contribution in [1.29, 1.82) is 0 Å². The zero-order chi connectivity index (χ0) is 20.3. The molecule has 0 unspecified atom stereocenters. The summed E-state index contributed by atoms with van der Waals surface area (Å²) in [6.07, 6.45) is 0. The Bertz CT molecular complexity index is 1000. The molecule has 3 aromatic rings. The van der Waals surface area contributed by atoms with Crippen molar-refractivity contribution in [3.05, 3.63) is 81.4 Å². The SMILES string of the molecule is CC(C)(C)c1nc(CNC(=O)c2ccccc2C(=O)c2ccc(Br)cc2)no1. The predicted molar refractivity (Wildman–Crippen MR) is 108 cm³/mol. The van der Waals surface area contributed by atoms with Crippen LogP contribution >= 0.6 is 15.9 Å². The Labute approximate surface area is 171 Å². The quantitative estimate of drug-likeness (QED) is 0.596. The minimum atomic E-state index is -0.372. The molecule has 144 valence electrons. The normalized spacial score (nSPS) is 11.3.